The van der Waals surface area contributed by atoms with Crippen molar-refractivity contribution in [2.24, 2.45) is 11.8 Å². The third kappa shape index (κ3) is 8.45. The summed E-state index contributed by atoms with van der Waals surface area (Å²) in [6.07, 6.45) is 12.1. The van der Waals surface area contributed by atoms with Gasteiger partial charge in [-0.3, -0.25) is 9.59 Å². The summed E-state index contributed by atoms with van der Waals surface area (Å²) in [5.41, 5.74) is 0. The van der Waals surface area contributed by atoms with E-state index in [2.05, 4.69) is 6.92 Å². The molecule has 1 rings (SSSR count). The standard InChI is InChI=1S/C20H32O5/c1-2-3-6-9-15(21)12-13-17-16(18(22)14-19(17)23)10-7-4-5-8-11-20(24)25/h4,7,12-13,15-17,19,21,23H,2-3,5-6,8-11,14H2,1H3,(H,24,25)/b7-4-,13-12+/t15-,16+,17?,19-/m1/s1. The molecule has 3 N–H and O–H groups in total. The number of unbranched alkanes of at least 4 members (excludes halogenated alkanes) is 3. The van der Waals surface area contributed by atoms with Gasteiger partial charge in [0.2, 0.25) is 0 Å². The van der Waals surface area contributed by atoms with Crippen molar-refractivity contribution in [2.45, 2.75) is 76.9 Å². The molecule has 0 aromatic rings. The molecule has 25 heavy (non-hydrogen) atoms. The number of carbonyl (C=O) groups is 2. The second-order valence-corrected chi connectivity index (χ2v) is 6.86. The number of ketones is 1. The highest BCUT2D eigenvalue weighted by atomic mass is 16.4. The lowest BCUT2D eigenvalue weighted by Gasteiger charge is -2.16. The molecule has 0 amide bonds. The normalized spacial score (nSPS) is 25.2. The quantitative estimate of drug-likeness (QED) is 0.370. The Morgan fingerprint density at radius 3 is 2.72 bits per heavy atom. The largest absolute Gasteiger partial charge is 0.481 e. The van der Waals surface area contributed by atoms with Crippen LogP contribution in [0.4, 0.5) is 0 Å². The molecule has 0 aliphatic heterocycles. The Morgan fingerprint density at radius 1 is 1.28 bits per heavy atom. The Hall–Kier alpha value is -1.46. The number of carboxylic acid groups (broad SMARTS) is 1. The lowest BCUT2D eigenvalue weighted by Crippen LogP contribution is -2.18. The van der Waals surface area contributed by atoms with Gasteiger partial charge in [0.25, 0.3) is 0 Å². The van der Waals surface area contributed by atoms with Crippen LogP contribution in [0.15, 0.2) is 24.3 Å². The molecule has 1 aliphatic carbocycles. The summed E-state index contributed by atoms with van der Waals surface area (Å²) in [4.78, 5) is 22.5. The highest BCUT2D eigenvalue weighted by molar-refractivity contribution is 5.84. The maximum Gasteiger partial charge on any atom is 0.303 e. The Labute approximate surface area is 150 Å². The Morgan fingerprint density at radius 2 is 2.04 bits per heavy atom. The molecule has 5 nitrogen and oxygen atoms in total. The lowest BCUT2D eigenvalue weighted by atomic mass is 9.90. The molecular formula is C20H32O5. The number of rotatable bonds is 12. The lowest BCUT2D eigenvalue weighted by molar-refractivity contribution is -0.137. The number of allylic oxidation sites excluding steroid dienone is 2. The predicted molar refractivity (Wildman–Crippen MR) is 97.1 cm³/mol. The maximum atomic E-state index is 12.1. The number of hydrogen-bond acceptors (Lipinski definition) is 4. The highest BCUT2D eigenvalue weighted by Gasteiger charge is 2.39. The third-order valence-electron chi connectivity index (χ3n) is 4.71. The van der Waals surface area contributed by atoms with Gasteiger partial charge in [0, 0.05) is 24.7 Å². The number of carboxylic acids is 1. The van der Waals surface area contributed by atoms with Crippen molar-refractivity contribution in [3.05, 3.63) is 24.3 Å². The number of Topliss-reactive ketones (excluding diaryl/α,β-unsaturated/α-hetero) is 1. The molecule has 5 heteroatoms. The van der Waals surface area contributed by atoms with E-state index in [0.29, 0.717) is 25.7 Å². The SMILES string of the molecule is CCCCC[C@@H](O)/C=C/C1[C@H](O)CC(=O)[C@H]1C/C=C\CCCC(=O)O. The highest BCUT2D eigenvalue weighted by Crippen LogP contribution is 2.33. The summed E-state index contributed by atoms with van der Waals surface area (Å²) in [5, 5.41) is 28.7. The van der Waals surface area contributed by atoms with Gasteiger partial charge in [-0.2, -0.15) is 0 Å². The zero-order valence-electron chi connectivity index (χ0n) is 15.1. The van der Waals surface area contributed by atoms with Crippen LogP contribution in [0.25, 0.3) is 0 Å². The number of aliphatic carboxylic acids is 1. The Balaban J connectivity index is 2.48. The first-order chi connectivity index (χ1) is 12.0. The van der Waals surface area contributed by atoms with Gasteiger partial charge >= 0.3 is 5.97 Å². The van der Waals surface area contributed by atoms with E-state index in [4.69, 9.17) is 5.11 Å². The molecule has 0 bridgehead atoms. The van der Waals surface area contributed by atoms with Crippen LogP contribution in [0, 0.1) is 11.8 Å². The topological polar surface area (TPSA) is 94.8 Å². The van der Waals surface area contributed by atoms with Crippen LogP contribution >= 0.6 is 0 Å². The molecule has 1 unspecified atom stereocenters. The summed E-state index contributed by atoms with van der Waals surface area (Å²) >= 11 is 0. The van der Waals surface area contributed by atoms with Gasteiger partial charge in [-0.05, 0) is 25.7 Å². The van der Waals surface area contributed by atoms with E-state index in [-0.39, 0.29) is 30.5 Å². The molecule has 4 atom stereocenters. The first-order valence-corrected chi connectivity index (χ1v) is 9.39. The van der Waals surface area contributed by atoms with Gasteiger partial charge in [-0.1, -0.05) is 50.5 Å². The summed E-state index contributed by atoms with van der Waals surface area (Å²) in [6, 6.07) is 0. The van der Waals surface area contributed by atoms with Crippen molar-refractivity contribution >= 4 is 11.8 Å². The van der Waals surface area contributed by atoms with Crippen molar-refractivity contribution in [3.63, 3.8) is 0 Å². The van der Waals surface area contributed by atoms with Crippen LogP contribution in [-0.2, 0) is 9.59 Å². The first kappa shape index (κ1) is 21.6. The zero-order chi connectivity index (χ0) is 18.7. The zero-order valence-corrected chi connectivity index (χ0v) is 15.1. The predicted octanol–water partition coefficient (Wildman–Crippen LogP) is 3.25. The van der Waals surface area contributed by atoms with Gasteiger partial charge < -0.3 is 15.3 Å². The van der Waals surface area contributed by atoms with Crippen LogP contribution < -0.4 is 0 Å². The van der Waals surface area contributed by atoms with Crippen LogP contribution in [0.2, 0.25) is 0 Å². The van der Waals surface area contributed by atoms with Crippen LogP contribution in [0.1, 0.15) is 64.7 Å². The van der Waals surface area contributed by atoms with Gasteiger partial charge in [0.05, 0.1) is 12.2 Å². The number of hydrogen-bond donors (Lipinski definition) is 3. The van der Waals surface area contributed by atoms with Gasteiger partial charge in [0.1, 0.15) is 5.78 Å². The van der Waals surface area contributed by atoms with E-state index >= 15 is 0 Å². The number of carbonyl (C=O) groups excluding carboxylic acids is 1. The van der Waals surface area contributed by atoms with E-state index in [1.807, 2.05) is 12.2 Å². The van der Waals surface area contributed by atoms with E-state index in [1.165, 1.54) is 0 Å². The van der Waals surface area contributed by atoms with Crippen molar-refractivity contribution < 1.29 is 24.9 Å². The van der Waals surface area contributed by atoms with Gasteiger partial charge in [0.15, 0.2) is 0 Å². The van der Waals surface area contributed by atoms with Gasteiger partial charge in [-0.25, -0.2) is 0 Å². The van der Waals surface area contributed by atoms with E-state index in [9.17, 15) is 19.8 Å². The first-order valence-electron chi connectivity index (χ1n) is 9.39. The molecule has 0 radical (unpaired) electrons. The fourth-order valence-corrected chi connectivity index (χ4v) is 3.22. The third-order valence-corrected chi connectivity index (χ3v) is 4.71. The van der Waals surface area contributed by atoms with E-state index in [0.717, 1.165) is 19.3 Å². The minimum atomic E-state index is -0.801. The molecule has 142 valence electrons. The number of aliphatic hydroxyl groups excluding tert-OH is 2. The molecule has 0 aromatic heterocycles. The second-order valence-electron chi connectivity index (χ2n) is 6.86. The Bertz CT molecular complexity index is 469. The molecule has 1 saturated carbocycles. The average Bonchev–Trinajstić information content (AvgIpc) is 2.82. The minimum absolute atomic E-state index is 0.0535. The monoisotopic (exact) mass is 352 g/mol. The van der Waals surface area contributed by atoms with Gasteiger partial charge in [-0.15, -0.1) is 0 Å². The van der Waals surface area contributed by atoms with Crippen LogP contribution in [0.3, 0.4) is 0 Å². The summed E-state index contributed by atoms with van der Waals surface area (Å²) in [7, 11) is 0. The van der Waals surface area contributed by atoms with Crippen molar-refractivity contribution in [1.29, 1.82) is 0 Å². The summed E-state index contributed by atoms with van der Waals surface area (Å²) < 4.78 is 0. The van der Waals surface area contributed by atoms with Crippen molar-refractivity contribution in [2.75, 3.05) is 0 Å². The van der Waals surface area contributed by atoms with E-state index in [1.54, 1.807) is 12.2 Å². The maximum absolute atomic E-state index is 12.1. The second kappa shape index (κ2) is 12.0. The van der Waals surface area contributed by atoms with Crippen LogP contribution in [0.5, 0.6) is 0 Å². The number of aliphatic hydroxyl groups is 2. The summed E-state index contributed by atoms with van der Waals surface area (Å²) in [6.45, 7) is 2.11. The van der Waals surface area contributed by atoms with Crippen molar-refractivity contribution in [1.82, 2.24) is 0 Å². The molecule has 0 spiro atoms. The average molecular weight is 352 g/mol. The fourth-order valence-electron chi connectivity index (χ4n) is 3.22. The molecular weight excluding hydrogens is 320 g/mol. The smallest absolute Gasteiger partial charge is 0.303 e. The van der Waals surface area contributed by atoms with Crippen LogP contribution in [-0.4, -0.2) is 39.3 Å². The van der Waals surface area contributed by atoms with Crippen molar-refractivity contribution in [3.8, 4) is 0 Å². The fraction of sp³-hybridized carbons (Fsp3) is 0.700. The molecule has 0 aromatic carbocycles. The van der Waals surface area contributed by atoms with E-state index < -0.39 is 18.2 Å². The summed E-state index contributed by atoms with van der Waals surface area (Å²) in [5.74, 6) is -1.26. The Kier molecular flexibility index (Phi) is 10.3. The molecule has 0 heterocycles. The molecule has 1 fully saturated rings. The molecule has 0 saturated heterocycles. The minimum Gasteiger partial charge on any atom is -0.481 e. The molecule has 1 aliphatic rings.